The predicted molar refractivity (Wildman–Crippen MR) is 92.4 cm³/mol. The molecule has 1 atom stereocenters. The fourth-order valence-electron chi connectivity index (χ4n) is 3.06. The smallest absolute Gasteiger partial charge is 0.192 e. The van der Waals surface area contributed by atoms with Crippen LogP contribution in [-0.4, -0.2) is 55.8 Å². The van der Waals surface area contributed by atoms with E-state index in [0.717, 1.165) is 19.5 Å². The SMILES string of the molecule is CN1CC[C@@H](Nc2nnc(-c3ccc(Cl)cc3O)n3ccnc23)C1. The second kappa shape index (κ2) is 5.92. The van der Waals surface area contributed by atoms with Crippen molar-refractivity contribution in [2.75, 3.05) is 25.5 Å². The molecule has 0 saturated carbocycles. The van der Waals surface area contributed by atoms with Crippen LogP contribution < -0.4 is 5.32 Å². The fraction of sp³-hybridized carbons (Fsp3) is 0.312. The van der Waals surface area contributed by atoms with Crippen molar-refractivity contribution >= 4 is 23.1 Å². The standard InChI is InChI=1S/C16H17ClN6O/c1-22-6-4-11(9-22)19-14-16-18-5-7-23(16)15(21-20-14)12-3-2-10(17)8-13(12)24/h2-3,5,7-8,11,24H,4,6,9H2,1H3,(H,19,20)/t11-/m1/s1. The Balaban J connectivity index is 1.74. The molecule has 0 amide bonds. The molecule has 0 aliphatic carbocycles. The van der Waals surface area contributed by atoms with Gasteiger partial charge in [0, 0.05) is 30.0 Å². The van der Waals surface area contributed by atoms with Crippen molar-refractivity contribution in [1.29, 1.82) is 0 Å². The Kier molecular flexibility index (Phi) is 3.74. The molecular formula is C16H17ClN6O. The minimum atomic E-state index is 0.0601. The van der Waals surface area contributed by atoms with Crippen LogP contribution in [0.1, 0.15) is 6.42 Å². The molecule has 1 aliphatic rings. The molecule has 2 N–H and O–H groups in total. The first-order valence-corrected chi connectivity index (χ1v) is 8.13. The van der Waals surface area contributed by atoms with Crippen LogP contribution in [0.25, 0.3) is 17.0 Å². The van der Waals surface area contributed by atoms with Crippen LogP contribution in [-0.2, 0) is 0 Å². The first-order valence-electron chi connectivity index (χ1n) is 7.75. The number of phenolic OH excluding ortho intramolecular Hbond substituents is 1. The molecule has 0 radical (unpaired) electrons. The van der Waals surface area contributed by atoms with Gasteiger partial charge in [-0.05, 0) is 38.2 Å². The summed E-state index contributed by atoms with van der Waals surface area (Å²) in [6.45, 7) is 2.03. The topological polar surface area (TPSA) is 78.6 Å². The number of imidazole rings is 1. The first-order chi connectivity index (χ1) is 11.6. The van der Waals surface area contributed by atoms with E-state index in [0.29, 0.717) is 33.9 Å². The largest absolute Gasteiger partial charge is 0.507 e. The van der Waals surface area contributed by atoms with Crippen LogP contribution in [0.15, 0.2) is 30.6 Å². The van der Waals surface area contributed by atoms with E-state index in [4.69, 9.17) is 11.6 Å². The molecule has 0 bridgehead atoms. The summed E-state index contributed by atoms with van der Waals surface area (Å²) in [5, 5.41) is 22.6. The maximum Gasteiger partial charge on any atom is 0.192 e. The second-order valence-electron chi connectivity index (χ2n) is 6.05. The summed E-state index contributed by atoms with van der Waals surface area (Å²) >= 11 is 5.90. The van der Waals surface area contributed by atoms with Crippen LogP contribution in [0.2, 0.25) is 5.02 Å². The number of aromatic nitrogens is 4. The van der Waals surface area contributed by atoms with Crippen LogP contribution in [0.5, 0.6) is 5.75 Å². The zero-order valence-corrected chi connectivity index (χ0v) is 13.9. The van der Waals surface area contributed by atoms with Gasteiger partial charge in [-0.2, -0.15) is 0 Å². The lowest BCUT2D eigenvalue weighted by molar-refractivity contribution is 0.414. The van der Waals surface area contributed by atoms with E-state index in [2.05, 4.69) is 32.4 Å². The second-order valence-corrected chi connectivity index (χ2v) is 6.48. The Morgan fingerprint density at radius 2 is 2.21 bits per heavy atom. The maximum absolute atomic E-state index is 10.2. The van der Waals surface area contributed by atoms with Gasteiger partial charge in [-0.1, -0.05) is 11.6 Å². The van der Waals surface area contributed by atoms with Gasteiger partial charge >= 0.3 is 0 Å². The minimum absolute atomic E-state index is 0.0601. The molecule has 3 aromatic rings. The van der Waals surface area contributed by atoms with Gasteiger partial charge in [0.2, 0.25) is 0 Å². The van der Waals surface area contributed by atoms with Gasteiger partial charge in [0.05, 0.1) is 5.56 Å². The quantitative estimate of drug-likeness (QED) is 0.759. The summed E-state index contributed by atoms with van der Waals surface area (Å²) in [5.41, 5.74) is 1.24. The van der Waals surface area contributed by atoms with E-state index in [9.17, 15) is 5.11 Å². The Morgan fingerprint density at radius 3 is 2.96 bits per heavy atom. The van der Waals surface area contributed by atoms with Crippen molar-refractivity contribution in [1.82, 2.24) is 24.5 Å². The lowest BCUT2D eigenvalue weighted by Gasteiger charge is -2.14. The van der Waals surface area contributed by atoms with Crippen molar-refractivity contribution in [3.8, 4) is 17.1 Å². The number of hydrogen-bond acceptors (Lipinski definition) is 6. The molecular weight excluding hydrogens is 328 g/mol. The molecule has 3 heterocycles. The lowest BCUT2D eigenvalue weighted by Crippen LogP contribution is -2.24. The fourth-order valence-corrected chi connectivity index (χ4v) is 3.22. The zero-order chi connectivity index (χ0) is 16.7. The number of nitrogens with zero attached hydrogens (tertiary/aromatic N) is 5. The molecule has 24 heavy (non-hydrogen) atoms. The Hall–Kier alpha value is -2.38. The highest BCUT2D eigenvalue weighted by molar-refractivity contribution is 6.30. The number of rotatable bonds is 3. The number of nitrogens with one attached hydrogen (secondary N) is 1. The van der Waals surface area contributed by atoms with Gasteiger partial charge in [-0.25, -0.2) is 4.98 Å². The number of aromatic hydroxyl groups is 1. The first kappa shape index (κ1) is 15.2. The van der Waals surface area contributed by atoms with Crippen LogP contribution in [0.4, 0.5) is 5.82 Å². The molecule has 1 fully saturated rings. The number of anilines is 1. The van der Waals surface area contributed by atoms with E-state index >= 15 is 0 Å². The number of likely N-dealkylation sites (N-methyl/N-ethyl adjacent to an activating group) is 1. The lowest BCUT2D eigenvalue weighted by atomic mass is 10.2. The molecule has 4 rings (SSSR count). The summed E-state index contributed by atoms with van der Waals surface area (Å²) < 4.78 is 1.82. The average molecular weight is 345 g/mol. The van der Waals surface area contributed by atoms with E-state index < -0.39 is 0 Å². The average Bonchev–Trinajstić information content (AvgIpc) is 3.18. The normalized spacial score (nSPS) is 18.3. The highest BCUT2D eigenvalue weighted by Gasteiger charge is 2.22. The van der Waals surface area contributed by atoms with Gasteiger partial charge in [0.1, 0.15) is 5.75 Å². The third-order valence-electron chi connectivity index (χ3n) is 4.26. The van der Waals surface area contributed by atoms with Gasteiger partial charge in [-0.3, -0.25) is 4.40 Å². The number of halogens is 1. The van der Waals surface area contributed by atoms with Crippen molar-refractivity contribution in [2.24, 2.45) is 0 Å². The van der Waals surface area contributed by atoms with Gasteiger partial charge in [-0.15, -0.1) is 10.2 Å². The zero-order valence-electron chi connectivity index (χ0n) is 13.1. The number of phenols is 1. The number of benzene rings is 1. The number of hydrogen-bond donors (Lipinski definition) is 2. The van der Waals surface area contributed by atoms with E-state index in [-0.39, 0.29) is 5.75 Å². The van der Waals surface area contributed by atoms with E-state index in [1.165, 1.54) is 6.07 Å². The van der Waals surface area contributed by atoms with E-state index in [1.54, 1.807) is 24.5 Å². The van der Waals surface area contributed by atoms with Crippen molar-refractivity contribution in [3.63, 3.8) is 0 Å². The highest BCUT2D eigenvalue weighted by Crippen LogP contribution is 2.31. The summed E-state index contributed by atoms with van der Waals surface area (Å²) in [6, 6.07) is 5.25. The van der Waals surface area contributed by atoms with Crippen LogP contribution in [0.3, 0.4) is 0 Å². The van der Waals surface area contributed by atoms with Gasteiger partial charge in [0.25, 0.3) is 0 Å². The maximum atomic E-state index is 10.2. The summed E-state index contributed by atoms with van der Waals surface area (Å²) in [5.74, 6) is 1.23. The molecule has 8 heteroatoms. The van der Waals surface area contributed by atoms with Crippen molar-refractivity contribution < 1.29 is 5.11 Å². The number of fused-ring (bicyclic) bond motifs is 1. The van der Waals surface area contributed by atoms with Crippen LogP contribution >= 0.6 is 11.6 Å². The van der Waals surface area contributed by atoms with Crippen LogP contribution in [0, 0.1) is 0 Å². The Labute approximate surface area is 143 Å². The molecule has 0 spiro atoms. The summed E-state index contributed by atoms with van der Waals surface area (Å²) in [4.78, 5) is 6.66. The highest BCUT2D eigenvalue weighted by atomic mass is 35.5. The van der Waals surface area contributed by atoms with Gasteiger partial charge in [0.15, 0.2) is 17.3 Å². The molecule has 1 aliphatic heterocycles. The molecule has 7 nitrogen and oxygen atoms in total. The summed E-state index contributed by atoms with van der Waals surface area (Å²) in [7, 11) is 2.10. The molecule has 2 aromatic heterocycles. The molecule has 1 aromatic carbocycles. The van der Waals surface area contributed by atoms with Crippen molar-refractivity contribution in [2.45, 2.75) is 12.5 Å². The molecule has 0 unspecified atom stereocenters. The third-order valence-corrected chi connectivity index (χ3v) is 4.49. The Bertz CT molecular complexity index is 895. The van der Waals surface area contributed by atoms with E-state index in [1.807, 2.05) is 4.40 Å². The van der Waals surface area contributed by atoms with Gasteiger partial charge < -0.3 is 15.3 Å². The van der Waals surface area contributed by atoms with Crippen molar-refractivity contribution in [3.05, 3.63) is 35.6 Å². The Morgan fingerprint density at radius 1 is 1.33 bits per heavy atom. The third kappa shape index (κ3) is 2.65. The number of likely N-dealkylation sites (tertiary alicyclic amines) is 1. The molecule has 124 valence electrons. The summed E-state index contributed by atoms with van der Waals surface area (Å²) in [6.07, 6.45) is 4.56. The molecule has 1 saturated heterocycles. The monoisotopic (exact) mass is 344 g/mol. The predicted octanol–water partition coefficient (Wildman–Crippen LogP) is 2.27. The minimum Gasteiger partial charge on any atom is -0.507 e.